The Kier molecular flexibility index (Phi) is 29.1. The summed E-state index contributed by atoms with van der Waals surface area (Å²) in [6, 6.07) is 0. The predicted molar refractivity (Wildman–Crippen MR) is 305 cm³/mol. The van der Waals surface area contributed by atoms with Crippen LogP contribution in [0.2, 0.25) is 0 Å². The Morgan fingerprint density at radius 2 is 0.706 bits per heavy atom. The zero-order valence-electron chi connectivity index (χ0n) is 57.8. The van der Waals surface area contributed by atoms with Gasteiger partial charge in [-0.05, 0) is 76.2 Å². The first-order chi connectivity index (χ1) is 48.3. The minimum atomic E-state index is -6.28. The lowest BCUT2D eigenvalue weighted by Gasteiger charge is -2.48. The van der Waals surface area contributed by atoms with Gasteiger partial charge < -0.3 is 56.8 Å². The van der Waals surface area contributed by atoms with Crippen LogP contribution in [0.15, 0.2) is 72.9 Å². The van der Waals surface area contributed by atoms with Gasteiger partial charge in [-0.25, -0.2) is 57.1 Å². The van der Waals surface area contributed by atoms with Gasteiger partial charge in [0.25, 0.3) is 0 Å². The predicted octanol–water partition coefficient (Wildman–Crippen LogP) is 11.2. The van der Waals surface area contributed by atoms with Gasteiger partial charge >= 0.3 is 143 Å². The Labute approximate surface area is 597 Å². The van der Waals surface area contributed by atoms with Crippen LogP contribution in [0.1, 0.15) is 102 Å². The van der Waals surface area contributed by atoms with Crippen molar-refractivity contribution in [2.24, 2.45) is 0 Å². The zero-order chi connectivity index (χ0) is 86.6. The van der Waals surface area contributed by atoms with E-state index in [2.05, 4.69) is 91.6 Å². The molecule has 6 saturated heterocycles. The van der Waals surface area contributed by atoms with Gasteiger partial charge in [0.1, 0.15) is 25.4 Å². The van der Waals surface area contributed by atoms with Crippen LogP contribution in [-0.4, -0.2) is 204 Å². The van der Waals surface area contributed by atoms with E-state index in [0.717, 1.165) is 48.5 Å². The van der Waals surface area contributed by atoms with Crippen LogP contribution >= 0.6 is 0 Å². The fourth-order valence-corrected chi connectivity index (χ4v) is 8.27. The summed E-state index contributed by atoms with van der Waals surface area (Å²) in [5.74, 6) is -36.5. The van der Waals surface area contributed by atoms with Crippen LogP contribution in [0, 0.1) is 0 Å². The Morgan fingerprint density at radius 3 is 1.05 bits per heavy atom. The summed E-state index contributed by atoms with van der Waals surface area (Å²) < 4.78 is 364. The van der Waals surface area contributed by atoms with Crippen molar-refractivity contribution >= 4 is 71.6 Å². The van der Waals surface area contributed by atoms with E-state index in [9.17, 15) is 163 Å². The monoisotopic (exact) mass is 1630 g/mol. The second kappa shape index (κ2) is 32.5. The maximum Gasteiger partial charge on any atom is 0.438 e. The van der Waals surface area contributed by atoms with Gasteiger partial charge in [0.15, 0.2) is 17.3 Å². The Morgan fingerprint density at radius 1 is 0.376 bits per heavy atom. The normalized spacial score (nSPS) is 27.4. The third-order valence-corrected chi connectivity index (χ3v) is 15.1. The first-order valence-electron chi connectivity index (χ1n) is 29.3. The van der Waals surface area contributed by atoms with Gasteiger partial charge in [-0.15, -0.1) is 0 Å². The highest BCUT2D eigenvalue weighted by Crippen LogP contribution is 2.58. The average molecular weight is 1640 g/mol. The highest BCUT2D eigenvalue weighted by atomic mass is 19.4. The molecule has 7 unspecified atom stereocenters. The van der Waals surface area contributed by atoms with E-state index in [1.165, 1.54) is 20.8 Å². The molecule has 109 heavy (non-hydrogen) atoms. The van der Waals surface area contributed by atoms with Gasteiger partial charge in [-0.2, -0.15) is 101 Å². The van der Waals surface area contributed by atoms with Crippen molar-refractivity contribution in [3.63, 3.8) is 0 Å². The maximum absolute atomic E-state index is 13.9. The molecular formula is C61H62F24O24. The molecular weight excluding hydrogens is 1570 g/mol. The second-order valence-electron chi connectivity index (χ2n) is 25.0. The Bertz CT molecular complexity index is 3650. The molecule has 0 aliphatic carbocycles. The second-order valence-corrected chi connectivity index (χ2v) is 25.0. The number of carbonyl (C=O) groups excluding carboxylic acids is 12. The van der Waals surface area contributed by atoms with E-state index in [4.69, 9.17) is 4.74 Å². The maximum atomic E-state index is 13.9. The summed E-state index contributed by atoms with van der Waals surface area (Å²) in [4.78, 5) is 133. The molecule has 0 amide bonds. The number of carbonyl (C=O) groups is 12. The fourth-order valence-electron chi connectivity index (χ4n) is 8.27. The molecule has 0 bridgehead atoms. The van der Waals surface area contributed by atoms with Gasteiger partial charge in [-0.1, -0.05) is 39.5 Å². The molecule has 48 heteroatoms. The lowest BCUT2D eigenvalue weighted by molar-refractivity contribution is -0.402. The summed E-state index contributed by atoms with van der Waals surface area (Å²) in [6.07, 6.45) is -36.8. The first kappa shape index (κ1) is 97.4. The van der Waals surface area contributed by atoms with Crippen LogP contribution in [0.4, 0.5) is 105 Å². The van der Waals surface area contributed by atoms with Crippen LogP contribution < -0.4 is 0 Å². The number of cyclic esters (lactones) is 6. The molecule has 6 heterocycles. The SMILES string of the molecule is C=C(C)C(=O)OC1(C(F)(F)F)COC(=O)C1(F)F.C=C(C)C(=O)OC1(C)CC(=O)OC(C(F)(F)F)(C(F)(F)F)C1.C=C(C)C(=O)OC1(C)CC(C(F)(F)F)(C(F)(F)F)OC(=O)C1(F)F.C=C(C)C(=O)OC1(C)CCOC(=O)C1(F)F.C=C(C)C(=O)OC1(C)COC(=O)C1(F)F.C=C(C)C(=O)OC1COC(=O)C1(C)F. The van der Waals surface area contributed by atoms with Gasteiger partial charge in [-0.3, -0.25) is 4.79 Å². The number of rotatable bonds is 12. The number of esters is 12. The Hall–Kier alpha value is -9.60. The van der Waals surface area contributed by atoms with Crippen molar-refractivity contribution in [2.45, 2.75) is 207 Å². The van der Waals surface area contributed by atoms with E-state index >= 15 is 0 Å². The summed E-state index contributed by atoms with van der Waals surface area (Å²) >= 11 is 0. The smallest absolute Gasteiger partial charge is 0.438 e. The zero-order valence-corrected chi connectivity index (χ0v) is 57.8. The van der Waals surface area contributed by atoms with E-state index in [1.54, 1.807) is 0 Å². The summed E-state index contributed by atoms with van der Waals surface area (Å²) in [6.45, 7) is 27.1. The fraction of sp³-hybridized carbons (Fsp3) is 0.607. The number of halogens is 24. The minimum absolute atomic E-state index is 0.00374. The molecule has 7 atom stereocenters. The van der Waals surface area contributed by atoms with E-state index in [0.29, 0.717) is 0 Å². The molecule has 6 rings (SSSR count). The molecule has 0 radical (unpaired) electrons. The van der Waals surface area contributed by atoms with Gasteiger partial charge in [0.2, 0.25) is 11.3 Å². The number of alkyl halides is 24. The third kappa shape index (κ3) is 20.5. The van der Waals surface area contributed by atoms with Crippen molar-refractivity contribution in [2.75, 3.05) is 26.4 Å². The quantitative estimate of drug-likeness (QED) is 0.0758. The highest BCUT2D eigenvalue weighted by Gasteiger charge is 2.84. The summed E-state index contributed by atoms with van der Waals surface area (Å²) in [7, 11) is 0. The molecule has 0 aromatic carbocycles. The standard InChI is InChI=1S/C12H10F8O4.C12H12F6O4.C10H12F2O4.C9H7F5O4.C9H10F2O4.C9H11FO4/c1-5(2)6(21)23-8(3)4-9(11(15,16)17,12(18,19)20)24-7(22)10(8,13)14;1-6(2)8(20)22-9(3)4-7(19)21-10(5-9,11(13,14)15)12(16,17)18;1-6(2)7(13)16-9(3)4-5-15-8(14)10(9,11)12;1-4(2)5(15)18-7(9(12,13)14)3-17-6(16)8(7,10)11;1-5(2)6(12)15-8(3)4-14-7(13)9(8,10)11;1-5(2)7(11)14-6-4-13-8(12)9(6,3)10/h1,4H2,2-3H3;1,4-5H2,2-3H3;1,4-5H2,2-3H3;1,3H2,2H3;1,4H2,2-3H3;6H,1,4H2,2-3H3. The van der Waals surface area contributed by atoms with Crippen LogP contribution in [0.25, 0.3) is 0 Å². The largest absolute Gasteiger partial charge is 0.461 e. The molecule has 0 spiro atoms. The molecule has 0 N–H and O–H groups in total. The van der Waals surface area contributed by atoms with Crippen LogP contribution in [-0.2, 0) is 114 Å². The van der Waals surface area contributed by atoms with Crippen LogP contribution in [0.5, 0.6) is 0 Å². The number of ether oxygens (including phenoxy) is 12. The molecule has 0 saturated carbocycles. The number of hydrogen-bond donors (Lipinski definition) is 0. The topological polar surface area (TPSA) is 316 Å². The van der Waals surface area contributed by atoms with Crippen molar-refractivity contribution in [3.05, 3.63) is 72.9 Å². The summed E-state index contributed by atoms with van der Waals surface area (Å²) in [5.41, 5.74) is -28.2. The van der Waals surface area contributed by atoms with E-state index < -0.39 is 221 Å². The number of hydrogen-bond acceptors (Lipinski definition) is 24. The lowest BCUT2D eigenvalue weighted by atomic mass is 9.79. The first-order valence-corrected chi connectivity index (χ1v) is 29.3. The van der Waals surface area contributed by atoms with Gasteiger partial charge in [0.05, 0.1) is 19.4 Å². The molecule has 0 aromatic heterocycles. The summed E-state index contributed by atoms with van der Waals surface area (Å²) in [5, 5.41) is 0. The molecule has 6 aliphatic rings. The highest BCUT2D eigenvalue weighted by molar-refractivity contribution is 5.92. The Balaban J connectivity index is 0.000000661. The van der Waals surface area contributed by atoms with Gasteiger partial charge in [0, 0.05) is 46.3 Å². The van der Waals surface area contributed by atoms with Crippen molar-refractivity contribution in [1.29, 1.82) is 0 Å². The van der Waals surface area contributed by atoms with Crippen molar-refractivity contribution < 1.29 is 220 Å². The van der Waals surface area contributed by atoms with Crippen molar-refractivity contribution in [3.8, 4) is 0 Å². The molecule has 6 fully saturated rings. The van der Waals surface area contributed by atoms with Crippen molar-refractivity contribution in [1.82, 2.24) is 0 Å². The molecule has 24 nitrogen and oxygen atoms in total. The lowest BCUT2D eigenvalue weighted by Crippen LogP contribution is -2.72. The van der Waals surface area contributed by atoms with Crippen LogP contribution in [0.3, 0.4) is 0 Å². The average Bonchev–Trinajstić information content (AvgIpc) is 1.51. The molecule has 618 valence electrons. The van der Waals surface area contributed by atoms with E-state index in [1.807, 2.05) is 0 Å². The minimum Gasteiger partial charge on any atom is -0.461 e. The molecule has 0 aromatic rings. The third-order valence-electron chi connectivity index (χ3n) is 15.1. The molecule has 6 aliphatic heterocycles. The van der Waals surface area contributed by atoms with E-state index in [-0.39, 0.29) is 48.9 Å².